The van der Waals surface area contributed by atoms with E-state index in [0.29, 0.717) is 13.0 Å². The van der Waals surface area contributed by atoms with E-state index in [1.165, 1.54) is 141 Å². The maximum Gasteiger partial charge on any atom is 0.305 e. The molecule has 0 aliphatic rings. The molecule has 0 spiro atoms. The molecule has 0 saturated heterocycles. The molecule has 0 rings (SSSR count). The molecule has 2 nitrogen and oxygen atoms in total. The van der Waals surface area contributed by atoms with Crippen LogP contribution in [0.25, 0.3) is 0 Å². The van der Waals surface area contributed by atoms with Crippen molar-refractivity contribution in [1.82, 2.24) is 0 Å². The molecule has 0 aliphatic carbocycles. The summed E-state index contributed by atoms with van der Waals surface area (Å²) in [6, 6.07) is 0. The molecular weight excluding hydrogens is 440 g/mol. The van der Waals surface area contributed by atoms with Gasteiger partial charge in [-0.15, -0.1) is 0 Å². The van der Waals surface area contributed by atoms with Gasteiger partial charge in [-0.3, -0.25) is 4.79 Å². The van der Waals surface area contributed by atoms with Gasteiger partial charge in [0.2, 0.25) is 0 Å². The fraction of sp³-hybridized carbons (Fsp3) is 0.853. The lowest BCUT2D eigenvalue weighted by atomic mass is 10.0. The lowest BCUT2D eigenvalue weighted by molar-refractivity contribution is -0.143. The van der Waals surface area contributed by atoms with Crippen molar-refractivity contribution >= 4 is 5.97 Å². The zero-order valence-electron chi connectivity index (χ0n) is 24.7. The molecule has 0 bridgehead atoms. The molecule has 0 amide bonds. The topological polar surface area (TPSA) is 26.3 Å². The van der Waals surface area contributed by atoms with Crippen molar-refractivity contribution in [3.63, 3.8) is 0 Å². The molecule has 0 aromatic heterocycles. The quantitative estimate of drug-likeness (QED) is 0.0575. The fourth-order valence-corrected chi connectivity index (χ4v) is 4.64. The minimum Gasteiger partial charge on any atom is -0.466 e. The highest BCUT2D eigenvalue weighted by molar-refractivity contribution is 5.69. The van der Waals surface area contributed by atoms with Gasteiger partial charge in [0.05, 0.1) is 6.61 Å². The van der Waals surface area contributed by atoms with Gasteiger partial charge in [0, 0.05) is 6.42 Å². The minimum absolute atomic E-state index is 0.0145. The smallest absolute Gasteiger partial charge is 0.305 e. The third kappa shape index (κ3) is 31.0. The molecule has 0 fully saturated rings. The van der Waals surface area contributed by atoms with Crippen LogP contribution in [-0.4, -0.2) is 12.6 Å². The van der Waals surface area contributed by atoms with E-state index < -0.39 is 0 Å². The lowest BCUT2D eigenvalue weighted by Gasteiger charge is -2.05. The van der Waals surface area contributed by atoms with Crippen LogP contribution in [0.1, 0.15) is 181 Å². The molecule has 0 saturated carbocycles. The first-order chi connectivity index (χ1) is 17.8. The fourth-order valence-electron chi connectivity index (χ4n) is 4.64. The van der Waals surface area contributed by atoms with Gasteiger partial charge in [-0.1, -0.05) is 154 Å². The van der Waals surface area contributed by atoms with Crippen LogP contribution in [-0.2, 0) is 9.53 Å². The van der Waals surface area contributed by atoms with Crippen molar-refractivity contribution in [2.75, 3.05) is 6.61 Å². The molecule has 36 heavy (non-hydrogen) atoms. The van der Waals surface area contributed by atoms with E-state index >= 15 is 0 Å². The van der Waals surface area contributed by atoms with Gasteiger partial charge in [-0.05, 0) is 44.9 Å². The third-order valence-electron chi connectivity index (χ3n) is 7.09. The molecule has 0 unspecified atom stereocenters. The summed E-state index contributed by atoms with van der Waals surface area (Å²) in [6.07, 6.45) is 42.2. The first-order valence-corrected chi connectivity index (χ1v) is 16.3. The number of carbonyl (C=O) groups excluding carboxylic acids is 1. The van der Waals surface area contributed by atoms with Crippen LogP contribution in [0.5, 0.6) is 0 Å². The summed E-state index contributed by atoms with van der Waals surface area (Å²) in [5.41, 5.74) is 0. The molecule has 0 aromatic carbocycles. The normalized spacial score (nSPS) is 11.7. The second-order valence-electron chi connectivity index (χ2n) is 10.8. The number of esters is 1. The molecule has 0 aliphatic heterocycles. The van der Waals surface area contributed by atoms with Crippen molar-refractivity contribution < 1.29 is 9.53 Å². The zero-order valence-corrected chi connectivity index (χ0v) is 24.7. The Morgan fingerprint density at radius 1 is 0.472 bits per heavy atom. The Morgan fingerprint density at radius 2 is 0.861 bits per heavy atom. The SMILES string of the molecule is CCCCC/C=C/C/C=C/CCCCCCCCOC(=O)CCCCCCCCCCCCCCC. The number of hydrogen-bond acceptors (Lipinski definition) is 2. The van der Waals surface area contributed by atoms with E-state index in [0.717, 1.165) is 19.3 Å². The summed E-state index contributed by atoms with van der Waals surface area (Å²) in [6.45, 7) is 5.15. The maximum absolute atomic E-state index is 11.9. The Kier molecular flexibility index (Phi) is 31.0. The van der Waals surface area contributed by atoms with Gasteiger partial charge in [-0.25, -0.2) is 0 Å². The molecule has 212 valence electrons. The Balaban J connectivity index is 3.22. The van der Waals surface area contributed by atoms with E-state index in [2.05, 4.69) is 38.2 Å². The van der Waals surface area contributed by atoms with Crippen LogP contribution < -0.4 is 0 Å². The number of hydrogen-bond donors (Lipinski definition) is 0. The predicted octanol–water partition coefficient (Wildman–Crippen LogP) is 11.8. The molecule has 0 aromatic rings. The van der Waals surface area contributed by atoms with Crippen LogP contribution >= 0.6 is 0 Å². The van der Waals surface area contributed by atoms with Gasteiger partial charge >= 0.3 is 5.97 Å². The molecule has 0 heterocycles. The Labute approximate surface area is 227 Å². The van der Waals surface area contributed by atoms with Gasteiger partial charge in [0.1, 0.15) is 0 Å². The molecule has 0 atom stereocenters. The predicted molar refractivity (Wildman–Crippen MR) is 161 cm³/mol. The molecule has 2 heteroatoms. The zero-order chi connectivity index (χ0) is 26.2. The van der Waals surface area contributed by atoms with Crippen molar-refractivity contribution in [3.05, 3.63) is 24.3 Å². The van der Waals surface area contributed by atoms with E-state index in [1.807, 2.05) is 0 Å². The second kappa shape index (κ2) is 32.0. The van der Waals surface area contributed by atoms with Crippen LogP contribution in [0.2, 0.25) is 0 Å². The Morgan fingerprint density at radius 3 is 1.39 bits per heavy atom. The summed E-state index contributed by atoms with van der Waals surface area (Å²) in [5.74, 6) is 0.0145. The van der Waals surface area contributed by atoms with Crippen molar-refractivity contribution in [3.8, 4) is 0 Å². The summed E-state index contributed by atoms with van der Waals surface area (Å²) in [5, 5.41) is 0. The van der Waals surface area contributed by atoms with E-state index in [4.69, 9.17) is 4.74 Å². The van der Waals surface area contributed by atoms with E-state index in [1.54, 1.807) is 0 Å². The van der Waals surface area contributed by atoms with Crippen LogP contribution in [0.3, 0.4) is 0 Å². The van der Waals surface area contributed by atoms with Crippen molar-refractivity contribution in [2.45, 2.75) is 181 Å². The molecule has 0 N–H and O–H groups in total. The molecule has 0 radical (unpaired) electrons. The van der Waals surface area contributed by atoms with E-state index in [9.17, 15) is 4.79 Å². The van der Waals surface area contributed by atoms with Crippen molar-refractivity contribution in [1.29, 1.82) is 0 Å². The third-order valence-corrected chi connectivity index (χ3v) is 7.09. The summed E-state index contributed by atoms with van der Waals surface area (Å²) >= 11 is 0. The van der Waals surface area contributed by atoms with Crippen LogP contribution in [0.15, 0.2) is 24.3 Å². The second-order valence-corrected chi connectivity index (χ2v) is 10.8. The summed E-state index contributed by atoms with van der Waals surface area (Å²) in [7, 11) is 0. The van der Waals surface area contributed by atoms with Crippen molar-refractivity contribution in [2.24, 2.45) is 0 Å². The van der Waals surface area contributed by atoms with Gasteiger partial charge in [0.25, 0.3) is 0 Å². The van der Waals surface area contributed by atoms with Gasteiger partial charge < -0.3 is 4.74 Å². The number of unbranched alkanes of at least 4 members (excludes halogenated alkanes) is 21. The summed E-state index contributed by atoms with van der Waals surface area (Å²) < 4.78 is 5.41. The van der Waals surface area contributed by atoms with Crippen LogP contribution in [0, 0.1) is 0 Å². The van der Waals surface area contributed by atoms with E-state index in [-0.39, 0.29) is 5.97 Å². The highest BCUT2D eigenvalue weighted by atomic mass is 16.5. The highest BCUT2D eigenvalue weighted by Crippen LogP contribution is 2.13. The van der Waals surface area contributed by atoms with Gasteiger partial charge in [0.15, 0.2) is 0 Å². The van der Waals surface area contributed by atoms with Crippen LogP contribution in [0.4, 0.5) is 0 Å². The number of allylic oxidation sites excluding steroid dienone is 4. The number of carbonyl (C=O) groups is 1. The average molecular weight is 505 g/mol. The summed E-state index contributed by atoms with van der Waals surface area (Å²) in [4.78, 5) is 11.9. The first kappa shape index (κ1) is 35.0. The standard InChI is InChI=1S/C34H64O2/c1-3-5-7-9-11-13-15-17-18-19-21-23-25-27-29-31-33-36-34(35)32-30-28-26-24-22-20-16-14-12-10-8-6-4-2/h11,13,17-18H,3-10,12,14-16,19-33H2,1-2H3/b13-11+,18-17+. The largest absolute Gasteiger partial charge is 0.466 e. The Hall–Kier alpha value is -1.05. The highest BCUT2D eigenvalue weighted by Gasteiger charge is 2.02. The number of rotatable bonds is 29. The minimum atomic E-state index is 0.0145. The Bertz CT molecular complexity index is 480. The maximum atomic E-state index is 11.9. The average Bonchev–Trinajstić information content (AvgIpc) is 2.88. The number of ether oxygens (including phenoxy) is 1. The first-order valence-electron chi connectivity index (χ1n) is 16.3. The monoisotopic (exact) mass is 504 g/mol. The lowest BCUT2D eigenvalue weighted by Crippen LogP contribution is -2.05. The van der Waals surface area contributed by atoms with Gasteiger partial charge in [-0.2, -0.15) is 0 Å². The molecular formula is C34H64O2.